The van der Waals surface area contributed by atoms with E-state index in [0.29, 0.717) is 17.9 Å². The Morgan fingerprint density at radius 1 is 1.20 bits per heavy atom. The molecule has 0 aromatic rings. The van der Waals surface area contributed by atoms with Crippen LogP contribution in [-0.4, -0.2) is 28.1 Å². The minimum atomic E-state index is -0.981. The molecule has 0 fully saturated rings. The zero-order valence-electron chi connectivity index (χ0n) is 12.1. The topological polar surface area (TPSA) is 101 Å². The summed E-state index contributed by atoms with van der Waals surface area (Å²) in [7, 11) is 0. The molecule has 0 aliphatic heterocycles. The Bertz CT molecular complexity index is 355. The zero-order chi connectivity index (χ0) is 16.7. The molecule has 0 spiro atoms. The van der Waals surface area contributed by atoms with Gasteiger partial charge >= 0.3 is 17.9 Å². The number of aliphatic carboxylic acids is 2. The first-order valence-corrected chi connectivity index (χ1v) is 5.62. The third kappa shape index (κ3) is 29.6. The molecular formula is C14H22O6. The van der Waals surface area contributed by atoms with E-state index in [-0.39, 0.29) is 5.97 Å². The number of hydrogen-bond donors (Lipinski definition) is 2. The molecule has 114 valence electrons. The minimum absolute atomic E-state index is 0.296. The number of carboxylic acids is 2. The number of carboxylic acid groups (broad SMARTS) is 2. The summed E-state index contributed by atoms with van der Waals surface area (Å²) in [6.45, 7) is 14.8. The van der Waals surface area contributed by atoms with E-state index >= 15 is 0 Å². The second kappa shape index (κ2) is 14.7. The molecule has 6 heteroatoms. The monoisotopic (exact) mass is 286 g/mol. The smallest absolute Gasteiger partial charge is 0.330 e. The van der Waals surface area contributed by atoms with E-state index in [1.807, 2.05) is 13.8 Å². The van der Waals surface area contributed by atoms with Gasteiger partial charge in [-0.15, -0.1) is 0 Å². The standard InChI is InChI=1S/C7H12O2.C4H6O2.C3H4O2/c1-5(2)4-6(3)7(8)9;1-3-6-4(2)5;1-2-3(4)5/h5H,3-4H2,1-2H3,(H,8,9);3H,1H2,2H3;2H,1H2,(H,4,5). The van der Waals surface area contributed by atoms with Crippen LogP contribution < -0.4 is 0 Å². The summed E-state index contributed by atoms with van der Waals surface area (Å²) >= 11 is 0. The summed E-state index contributed by atoms with van der Waals surface area (Å²) in [5.74, 6) is -1.81. The van der Waals surface area contributed by atoms with Crippen molar-refractivity contribution in [2.75, 3.05) is 0 Å². The second-order valence-electron chi connectivity index (χ2n) is 3.83. The van der Waals surface area contributed by atoms with E-state index in [0.717, 1.165) is 12.3 Å². The van der Waals surface area contributed by atoms with Crippen molar-refractivity contribution in [1.29, 1.82) is 0 Å². The first-order valence-electron chi connectivity index (χ1n) is 5.62. The summed E-state index contributed by atoms with van der Waals surface area (Å²) in [5.41, 5.74) is 0.296. The van der Waals surface area contributed by atoms with Crippen molar-refractivity contribution in [1.82, 2.24) is 0 Å². The van der Waals surface area contributed by atoms with Crippen molar-refractivity contribution >= 4 is 17.9 Å². The number of esters is 1. The molecule has 0 saturated carbocycles. The van der Waals surface area contributed by atoms with Crippen molar-refractivity contribution in [2.24, 2.45) is 5.92 Å². The predicted molar refractivity (Wildman–Crippen MR) is 76.0 cm³/mol. The Morgan fingerprint density at radius 3 is 1.65 bits per heavy atom. The van der Waals surface area contributed by atoms with Crippen LogP contribution in [0.2, 0.25) is 0 Å². The van der Waals surface area contributed by atoms with E-state index in [9.17, 15) is 14.4 Å². The molecule has 0 aliphatic rings. The van der Waals surface area contributed by atoms with E-state index in [2.05, 4.69) is 24.5 Å². The molecule has 2 N–H and O–H groups in total. The Balaban J connectivity index is -0.000000230. The van der Waals surface area contributed by atoms with Crippen LogP contribution >= 0.6 is 0 Å². The normalized spacial score (nSPS) is 8.00. The largest absolute Gasteiger partial charge is 0.478 e. The molecule has 0 rings (SSSR count). The summed E-state index contributed by atoms with van der Waals surface area (Å²) in [5, 5.41) is 15.9. The van der Waals surface area contributed by atoms with Gasteiger partial charge in [0.1, 0.15) is 0 Å². The highest BCUT2D eigenvalue weighted by Gasteiger charge is 2.04. The molecule has 0 aliphatic carbocycles. The van der Waals surface area contributed by atoms with Gasteiger partial charge in [0, 0.05) is 18.6 Å². The summed E-state index contributed by atoms with van der Waals surface area (Å²) in [6.07, 6.45) is 2.51. The van der Waals surface area contributed by atoms with Crippen LogP contribution in [0.1, 0.15) is 27.2 Å². The summed E-state index contributed by atoms with van der Waals surface area (Å²) < 4.78 is 4.17. The lowest BCUT2D eigenvalue weighted by Gasteiger charge is -2.01. The highest BCUT2D eigenvalue weighted by molar-refractivity contribution is 5.85. The SMILES string of the molecule is C=C(CC(C)C)C(=O)O.C=CC(=O)O.C=COC(C)=O. The lowest BCUT2D eigenvalue weighted by atomic mass is 10.1. The number of ether oxygens (including phenoxy) is 1. The lowest BCUT2D eigenvalue weighted by molar-refractivity contribution is -0.135. The lowest BCUT2D eigenvalue weighted by Crippen LogP contribution is -2.01. The average Bonchev–Trinajstić information content (AvgIpc) is 2.29. The Kier molecular flexibility index (Phi) is 16.7. The molecule has 0 bridgehead atoms. The maximum Gasteiger partial charge on any atom is 0.330 e. The highest BCUT2D eigenvalue weighted by atomic mass is 16.5. The molecule has 0 aromatic heterocycles. The number of carbonyl (C=O) groups excluding carboxylic acids is 1. The molecule has 0 aromatic carbocycles. The fraction of sp³-hybridized carbons (Fsp3) is 0.357. The molecule has 0 unspecified atom stereocenters. The third-order valence-electron chi connectivity index (χ3n) is 1.38. The first-order chi connectivity index (χ1) is 9.08. The zero-order valence-corrected chi connectivity index (χ0v) is 12.1. The Morgan fingerprint density at radius 2 is 1.60 bits per heavy atom. The van der Waals surface area contributed by atoms with Crippen molar-refractivity contribution in [2.45, 2.75) is 27.2 Å². The van der Waals surface area contributed by atoms with Crippen molar-refractivity contribution in [3.05, 3.63) is 37.6 Å². The molecule has 0 heterocycles. The van der Waals surface area contributed by atoms with Gasteiger partial charge in [-0.1, -0.05) is 33.6 Å². The molecule has 0 amide bonds. The van der Waals surface area contributed by atoms with E-state index in [4.69, 9.17) is 10.2 Å². The predicted octanol–water partition coefficient (Wildman–Crippen LogP) is 2.62. The second-order valence-corrected chi connectivity index (χ2v) is 3.83. The van der Waals surface area contributed by atoms with Crippen LogP contribution in [-0.2, 0) is 19.1 Å². The van der Waals surface area contributed by atoms with Gasteiger partial charge in [0.05, 0.1) is 6.26 Å². The van der Waals surface area contributed by atoms with E-state index < -0.39 is 11.9 Å². The Labute approximate surface area is 119 Å². The van der Waals surface area contributed by atoms with Gasteiger partial charge in [0.15, 0.2) is 0 Å². The Hall–Kier alpha value is -2.37. The van der Waals surface area contributed by atoms with E-state index in [1.54, 1.807) is 0 Å². The fourth-order valence-electron chi connectivity index (χ4n) is 0.697. The fourth-order valence-corrected chi connectivity index (χ4v) is 0.697. The molecule has 0 radical (unpaired) electrons. The molecule has 0 saturated heterocycles. The molecular weight excluding hydrogens is 264 g/mol. The van der Waals surface area contributed by atoms with Crippen LogP contribution in [0.15, 0.2) is 37.6 Å². The summed E-state index contributed by atoms with van der Waals surface area (Å²) in [4.78, 5) is 29.1. The van der Waals surface area contributed by atoms with Crippen molar-refractivity contribution < 1.29 is 29.3 Å². The van der Waals surface area contributed by atoms with Crippen LogP contribution in [0.25, 0.3) is 0 Å². The summed E-state index contributed by atoms with van der Waals surface area (Å²) in [6, 6.07) is 0. The maximum atomic E-state index is 10.1. The highest BCUT2D eigenvalue weighted by Crippen LogP contribution is 2.07. The van der Waals surface area contributed by atoms with Crippen LogP contribution in [0.3, 0.4) is 0 Å². The quantitative estimate of drug-likeness (QED) is 0.457. The number of rotatable bonds is 5. The van der Waals surface area contributed by atoms with Gasteiger partial charge in [-0.05, 0) is 12.3 Å². The van der Waals surface area contributed by atoms with Crippen molar-refractivity contribution in [3.8, 4) is 0 Å². The molecule has 6 nitrogen and oxygen atoms in total. The van der Waals surface area contributed by atoms with Gasteiger partial charge in [-0.2, -0.15) is 0 Å². The first kappa shape index (κ1) is 22.8. The van der Waals surface area contributed by atoms with Crippen LogP contribution in [0, 0.1) is 5.92 Å². The van der Waals surface area contributed by atoms with Crippen LogP contribution in [0.5, 0.6) is 0 Å². The number of hydrogen-bond acceptors (Lipinski definition) is 4. The van der Waals surface area contributed by atoms with E-state index in [1.165, 1.54) is 6.92 Å². The number of carbonyl (C=O) groups is 3. The van der Waals surface area contributed by atoms with Crippen LogP contribution in [0.4, 0.5) is 0 Å². The third-order valence-corrected chi connectivity index (χ3v) is 1.38. The van der Waals surface area contributed by atoms with Gasteiger partial charge in [0.25, 0.3) is 0 Å². The molecule has 0 atom stereocenters. The van der Waals surface area contributed by atoms with Gasteiger partial charge in [-0.3, -0.25) is 4.79 Å². The maximum absolute atomic E-state index is 10.1. The average molecular weight is 286 g/mol. The molecule has 20 heavy (non-hydrogen) atoms. The van der Waals surface area contributed by atoms with Gasteiger partial charge in [0.2, 0.25) is 0 Å². The van der Waals surface area contributed by atoms with Crippen molar-refractivity contribution in [3.63, 3.8) is 0 Å². The van der Waals surface area contributed by atoms with Gasteiger partial charge < -0.3 is 14.9 Å². The minimum Gasteiger partial charge on any atom is -0.478 e. The van der Waals surface area contributed by atoms with Gasteiger partial charge in [-0.25, -0.2) is 9.59 Å².